The largest absolute Gasteiger partial charge is 0.480 e. The van der Waals surface area contributed by atoms with Gasteiger partial charge in [-0.25, -0.2) is 14.6 Å². The van der Waals surface area contributed by atoms with Gasteiger partial charge < -0.3 is 25.0 Å². The third kappa shape index (κ3) is 5.27. The third-order valence-electron chi connectivity index (χ3n) is 2.70. The average Bonchev–Trinajstić information content (AvgIpc) is 2.90. The Morgan fingerprint density at radius 3 is 2.90 bits per heavy atom. The van der Waals surface area contributed by atoms with Crippen molar-refractivity contribution in [2.24, 2.45) is 0 Å². The van der Waals surface area contributed by atoms with Crippen LogP contribution in [0.15, 0.2) is 12.5 Å². The second kappa shape index (κ2) is 8.16. The van der Waals surface area contributed by atoms with Crippen molar-refractivity contribution < 1.29 is 19.4 Å². The molecule has 1 aromatic heterocycles. The number of ether oxygens (including phenoxy) is 1. The molecule has 0 aliphatic carbocycles. The number of amides is 2. The van der Waals surface area contributed by atoms with Crippen LogP contribution in [-0.2, 0) is 16.0 Å². The molecule has 0 spiro atoms. The normalized spacial score (nSPS) is 11.9. The Balaban J connectivity index is 2.48. The van der Waals surface area contributed by atoms with Gasteiger partial charge in [0.05, 0.1) is 12.9 Å². The van der Waals surface area contributed by atoms with E-state index in [1.54, 1.807) is 7.05 Å². The molecule has 0 aromatic carbocycles. The van der Waals surface area contributed by atoms with Gasteiger partial charge in [0.25, 0.3) is 0 Å². The molecule has 1 heterocycles. The number of hydrogen-bond acceptors (Lipinski definition) is 4. The van der Waals surface area contributed by atoms with Crippen molar-refractivity contribution in [1.29, 1.82) is 0 Å². The number of carbonyl (C=O) groups excluding carboxylic acids is 1. The number of H-pyrrole nitrogens is 1. The Hall–Kier alpha value is -2.09. The number of rotatable bonds is 8. The highest BCUT2D eigenvalue weighted by Gasteiger charge is 2.22. The van der Waals surface area contributed by atoms with Crippen LogP contribution in [0.4, 0.5) is 4.79 Å². The quantitative estimate of drug-likeness (QED) is 0.586. The molecule has 2 amide bonds. The molecule has 0 fully saturated rings. The number of urea groups is 1. The van der Waals surface area contributed by atoms with Crippen molar-refractivity contribution >= 4 is 12.0 Å². The van der Waals surface area contributed by atoms with Crippen molar-refractivity contribution in [1.82, 2.24) is 20.2 Å². The van der Waals surface area contributed by atoms with Crippen molar-refractivity contribution in [2.75, 3.05) is 26.8 Å². The lowest BCUT2D eigenvalue weighted by atomic mass is 10.1. The van der Waals surface area contributed by atoms with Gasteiger partial charge in [-0.3, -0.25) is 0 Å². The van der Waals surface area contributed by atoms with Crippen LogP contribution in [0.2, 0.25) is 0 Å². The number of likely N-dealkylation sites (N-methyl/N-ethyl adjacent to an activating group) is 1. The predicted molar refractivity (Wildman–Crippen MR) is 71.4 cm³/mol. The fourth-order valence-corrected chi connectivity index (χ4v) is 1.52. The van der Waals surface area contributed by atoms with Crippen molar-refractivity contribution in [3.8, 4) is 0 Å². The molecule has 0 bridgehead atoms. The van der Waals surface area contributed by atoms with E-state index >= 15 is 0 Å². The number of carboxylic acids is 1. The van der Waals surface area contributed by atoms with Gasteiger partial charge in [0.2, 0.25) is 0 Å². The number of aromatic amines is 1. The minimum absolute atomic E-state index is 0.153. The first kappa shape index (κ1) is 16.0. The van der Waals surface area contributed by atoms with Gasteiger partial charge in [-0.1, -0.05) is 0 Å². The highest BCUT2D eigenvalue weighted by molar-refractivity contribution is 5.82. The smallest absolute Gasteiger partial charge is 0.326 e. The molecule has 0 saturated carbocycles. The van der Waals surface area contributed by atoms with Crippen molar-refractivity contribution in [3.05, 3.63) is 18.2 Å². The monoisotopic (exact) mass is 284 g/mol. The molecule has 0 unspecified atom stereocenters. The molecule has 112 valence electrons. The van der Waals surface area contributed by atoms with E-state index in [4.69, 9.17) is 9.84 Å². The standard InChI is InChI=1S/C12H20N4O4/c1-3-20-5-4-16(2)12(19)15-10(11(17)18)6-9-7-13-8-14-9/h7-8,10H,3-6H2,1-2H3,(H,13,14)(H,15,19)(H,17,18)/t10-/m1/s1. The molecule has 8 heteroatoms. The highest BCUT2D eigenvalue weighted by atomic mass is 16.5. The molecule has 0 aliphatic heterocycles. The number of carbonyl (C=O) groups is 2. The Morgan fingerprint density at radius 2 is 2.35 bits per heavy atom. The molecule has 0 saturated heterocycles. The molecule has 1 rings (SSSR count). The second-order valence-electron chi connectivity index (χ2n) is 4.24. The molecule has 8 nitrogen and oxygen atoms in total. The molecular formula is C12H20N4O4. The zero-order chi connectivity index (χ0) is 15.0. The summed E-state index contributed by atoms with van der Waals surface area (Å²) in [5, 5.41) is 11.6. The number of carboxylic acid groups (broad SMARTS) is 1. The summed E-state index contributed by atoms with van der Waals surface area (Å²) in [6, 6.07) is -1.45. The predicted octanol–water partition coefficient (Wildman–Crippen LogP) is 0.0833. The van der Waals surface area contributed by atoms with Crippen LogP contribution < -0.4 is 5.32 Å². The van der Waals surface area contributed by atoms with Gasteiger partial charge in [-0.2, -0.15) is 0 Å². The lowest BCUT2D eigenvalue weighted by Crippen LogP contribution is -2.48. The summed E-state index contributed by atoms with van der Waals surface area (Å²) in [5.74, 6) is -1.09. The van der Waals surface area contributed by atoms with E-state index in [1.165, 1.54) is 17.4 Å². The summed E-state index contributed by atoms with van der Waals surface area (Å²) < 4.78 is 5.14. The zero-order valence-electron chi connectivity index (χ0n) is 11.6. The second-order valence-corrected chi connectivity index (χ2v) is 4.24. The van der Waals surface area contributed by atoms with E-state index in [2.05, 4.69) is 15.3 Å². The Labute approximate surface area is 117 Å². The molecule has 0 radical (unpaired) electrons. The number of aliphatic carboxylic acids is 1. The summed E-state index contributed by atoms with van der Waals surface area (Å²) in [7, 11) is 1.59. The zero-order valence-corrected chi connectivity index (χ0v) is 11.6. The minimum Gasteiger partial charge on any atom is -0.480 e. The summed E-state index contributed by atoms with van der Waals surface area (Å²) >= 11 is 0. The SMILES string of the molecule is CCOCCN(C)C(=O)N[C@H](Cc1cnc[nH]1)C(=O)O. The first-order valence-electron chi connectivity index (χ1n) is 6.34. The molecular weight excluding hydrogens is 264 g/mol. The fourth-order valence-electron chi connectivity index (χ4n) is 1.52. The number of nitrogens with zero attached hydrogens (tertiary/aromatic N) is 2. The third-order valence-corrected chi connectivity index (χ3v) is 2.70. The molecule has 3 N–H and O–H groups in total. The Bertz CT molecular complexity index is 421. The number of nitrogens with one attached hydrogen (secondary N) is 2. The van der Waals surface area contributed by atoms with Crippen LogP contribution >= 0.6 is 0 Å². The highest BCUT2D eigenvalue weighted by Crippen LogP contribution is 2.00. The Kier molecular flexibility index (Phi) is 6.51. The van der Waals surface area contributed by atoms with Gasteiger partial charge in [0.15, 0.2) is 0 Å². The van der Waals surface area contributed by atoms with Gasteiger partial charge in [0.1, 0.15) is 6.04 Å². The number of imidazole rings is 1. The number of hydrogen-bond donors (Lipinski definition) is 3. The topological polar surface area (TPSA) is 108 Å². The minimum atomic E-state index is -1.09. The van der Waals surface area contributed by atoms with Crippen LogP contribution in [0.3, 0.4) is 0 Å². The van der Waals surface area contributed by atoms with Gasteiger partial charge in [-0.15, -0.1) is 0 Å². The summed E-state index contributed by atoms with van der Waals surface area (Å²) in [4.78, 5) is 31.0. The Morgan fingerprint density at radius 1 is 1.60 bits per heavy atom. The lowest BCUT2D eigenvalue weighted by Gasteiger charge is -2.21. The van der Waals surface area contributed by atoms with Crippen LogP contribution in [-0.4, -0.2) is 64.8 Å². The van der Waals surface area contributed by atoms with Crippen molar-refractivity contribution in [3.63, 3.8) is 0 Å². The van der Waals surface area contributed by atoms with E-state index in [0.717, 1.165) is 0 Å². The fraction of sp³-hybridized carbons (Fsp3) is 0.583. The van der Waals surface area contributed by atoms with E-state index in [1.807, 2.05) is 6.92 Å². The maximum absolute atomic E-state index is 11.9. The maximum atomic E-state index is 11.9. The molecule has 20 heavy (non-hydrogen) atoms. The van der Waals surface area contributed by atoms with Crippen LogP contribution in [0, 0.1) is 0 Å². The molecule has 1 aromatic rings. The maximum Gasteiger partial charge on any atom is 0.326 e. The molecule has 0 aliphatic rings. The van der Waals surface area contributed by atoms with Gasteiger partial charge in [-0.05, 0) is 6.92 Å². The summed E-state index contributed by atoms with van der Waals surface area (Å²) in [5.41, 5.74) is 0.648. The number of aromatic nitrogens is 2. The average molecular weight is 284 g/mol. The van der Waals surface area contributed by atoms with Gasteiger partial charge in [0, 0.05) is 38.5 Å². The van der Waals surface area contributed by atoms with E-state index in [9.17, 15) is 9.59 Å². The van der Waals surface area contributed by atoms with E-state index < -0.39 is 18.0 Å². The first-order chi connectivity index (χ1) is 9.54. The van der Waals surface area contributed by atoms with Crippen molar-refractivity contribution in [2.45, 2.75) is 19.4 Å². The van der Waals surface area contributed by atoms with Crippen LogP contribution in [0.1, 0.15) is 12.6 Å². The van der Waals surface area contributed by atoms with Gasteiger partial charge >= 0.3 is 12.0 Å². The summed E-state index contributed by atoms with van der Waals surface area (Å²) in [6.45, 7) is 3.26. The summed E-state index contributed by atoms with van der Waals surface area (Å²) in [6.07, 6.45) is 3.14. The van der Waals surface area contributed by atoms with E-state index in [0.29, 0.717) is 25.5 Å². The lowest BCUT2D eigenvalue weighted by molar-refractivity contribution is -0.139. The van der Waals surface area contributed by atoms with Crippen LogP contribution in [0.5, 0.6) is 0 Å². The van der Waals surface area contributed by atoms with Crippen LogP contribution in [0.25, 0.3) is 0 Å². The van der Waals surface area contributed by atoms with E-state index in [-0.39, 0.29) is 6.42 Å². The molecule has 1 atom stereocenters. The first-order valence-corrected chi connectivity index (χ1v) is 6.34.